The molecule has 0 saturated heterocycles. The number of carbonyl (C=O) groups excluding carboxylic acids is 2. The summed E-state index contributed by atoms with van der Waals surface area (Å²) in [5.41, 5.74) is 0.687. The highest BCUT2D eigenvalue weighted by atomic mass is 16.2. The first-order valence-corrected chi connectivity index (χ1v) is 13.4. The summed E-state index contributed by atoms with van der Waals surface area (Å²) in [4.78, 5) is 51.4. The molecule has 0 radical (unpaired) electrons. The number of carbonyl (C=O) groups is 2. The van der Waals surface area contributed by atoms with E-state index in [0.29, 0.717) is 43.1 Å². The van der Waals surface area contributed by atoms with Gasteiger partial charge in [0.05, 0.1) is 10.9 Å². The van der Waals surface area contributed by atoms with E-state index in [4.69, 9.17) is 0 Å². The second-order valence-electron chi connectivity index (χ2n) is 9.79. The van der Waals surface area contributed by atoms with E-state index in [-0.39, 0.29) is 36.5 Å². The summed E-state index contributed by atoms with van der Waals surface area (Å²) in [6.45, 7) is 0.491. The molecule has 0 aliphatic heterocycles. The monoisotopic (exact) mass is 504 g/mol. The highest BCUT2D eigenvalue weighted by Gasteiger charge is 2.17. The van der Waals surface area contributed by atoms with Crippen LogP contribution in [0.1, 0.15) is 56.9 Å². The third-order valence-electron chi connectivity index (χ3n) is 7.02. The van der Waals surface area contributed by atoms with Gasteiger partial charge in [-0.25, -0.2) is 4.79 Å². The molecule has 1 fully saturated rings. The zero-order valence-corrected chi connectivity index (χ0v) is 21.3. The molecule has 3 aromatic rings. The lowest BCUT2D eigenvalue weighted by Crippen LogP contribution is -2.43. The number of unbranched alkanes of at least 4 members (excludes halogenated alkanes) is 1. The van der Waals surface area contributed by atoms with Gasteiger partial charge in [-0.15, -0.1) is 0 Å². The van der Waals surface area contributed by atoms with E-state index in [0.717, 1.165) is 31.2 Å². The Morgan fingerprint density at radius 2 is 1.57 bits per heavy atom. The first-order valence-electron chi connectivity index (χ1n) is 13.4. The van der Waals surface area contributed by atoms with Crippen molar-refractivity contribution in [2.24, 2.45) is 0 Å². The molecule has 1 aliphatic rings. The number of para-hydroxylation sites is 1. The van der Waals surface area contributed by atoms with Gasteiger partial charge in [-0.3, -0.25) is 23.5 Å². The van der Waals surface area contributed by atoms with Crippen LogP contribution in [-0.4, -0.2) is 33.5 Å². The average molecular weight is 505 g/mol. The van der Waals surface area contributed by atoms with Crippen molar-refractivity contribution in [3.05, 3.63) is 81.0 Å². The van der Waals surface area contributed by atoms with Gasteiger partial charge in [-0.2, -0.15) is 0 Å². The summed E-state index contributed by atoms with van der Waals surface area (Å²) in [6.07, 6.45) is 7.80. The number of hydrogen-bond acceptors (Lipinski definition) is 4. The van der Waals surface area contributed by atoms with E-state index in [2.05, 4.69) is 10.6 Å². The number of benzene rings is 2. The predicted molar refractivity (Wildman–Crippen MR) is 144 cm³/mol. The molecule has 1 saturated carbocycles. The maximum Gasteiger partial charge on any atom is 0.331 e. The van der Waals surface area contributed by atoms with Gasteiger partial charge >= 0.3 is 5.69 Å². The Morgan fingerprint density at radius 1 is 0.838 bits per heavy atom. The third kappa shape index (κ3) is 7.18. The maximum absolute atomic E-state index is 13.3. The minimum Gasteiger partial charge on any atom is -0.354 e. The summed E-state index contributed by atoms with van der Waals surface area (Å²) in [6, 6.07) is 17.0. The Morgan fingerprint density at radius 3 is 2.35 bits per heavy atom. The Labute approximate surface area is 216 Å². The number of rotatable bonds is 11. The fraction of sp³-hybridized carbons (Fsp3) is 0.448. The van der Waals surface area contributed by atoms with Gasteiger partial charge in [0.1, 0.15) is 6.54 Å². The molecule has 1 aromatic heterocycles. The van der Waals surface area contributed by atoms with Crippen LogP contribution in [0.5, 0.6) is 0 Å². The van der Waals surface area contributed by atoms with Crippen LogP contribution in [-0.2, 0) is 29.1 Å². The number of fused-ring (bicyclic) bond motifs is 1. The normalized spacial score (nSPS) is 13.9. The average Bonchev–Trinajstić information content (AvgIpc) is 2.92. The lowest BCUT2D eigenvalue weighted by atomic mass is 9.95. The van der Waals surface area contributed by atoms with Crippen LogP contribution in [0, 0.1) is 0 Å². The molecule has 2 N–H and O–H groups in total. The standard InChI is InChI=1S/C29H36N4O4/c34-26(31-23-13-5-2-6-14-23)17-9-10-20-32-28(36)24-15-7-8-16-25(24)33(29(32)37)21-27(35)30-19-18-22-11-3-1-4-12-22/h1,3-4,7-8,11-12,15-16,23H,2,5-6,9-10,13-14,17-21H2,(H,30,35)(H,31,34). The van der Waals surface area contributed by atoms with Gasteiger partial charge in [0.2, 0.25) is 11.8 Å². The van der Waals surface area contributed by atoms with Gasteiger partial charge < -0.3 is 10.6 Å². The quantitative estimate of drug-likeness (QED) is 0.392. The molecule has 0 bridgehead atoms. The molecular formula is C29H36N4O4. The van der Waals surface area contributed by atoms with Gasteiger partial charge in [-0.1, -0.05) is 61.7 Å². The van der Waals surface area contributed by atoms with Crippen LogP contribution in [0.4, 0.5) is 0 Å². The number of hydrogen-bond donors (Lipinski definition) is 2. The zero-order valence-electron chi connectivity index (χ0n) is 21.3. The summed E-state index contributed by atoms with van der Waals surface area (Å²) in [5.74, 6) is -0.255. The second-order valence-corrected chi connectivity index (χ2v) is 9.79. The third-order valence-corrected chi connectivity index (χ3v) is 7.02. The van der Waals surface area contributed by atoms with Crippen LogP contribution in [0.3, 0.4) is 0 Å². The lowest BCUT2D eigenvalue weighted by molar-refractivity contribution is -0.122. The molecule has 196 valence electrons. The van der Waals surface area contributed by atoms with Crippen molar-refractivity contribution in [3.8, 4) is 0 Å². The van der Waals surface area contributed by atoms with E-state index in [9.17, 15) is 19.2 Å². The molecule has 0 spiro atoms. The minimum atomic E-state index is -0.506. The summed E-state index contributed by atoms with van der Waals surface area (Å²) >= 11 is 0. The SMILES string of the molecule is O=C(Cn1c(=O)n(CCCCC(=O)NC2CCCCC2)c(=O)c2ccccc21)NCCc1ccccc1. The molecule has 37 heavy (non-hydrogen) atoms. The highest BCUT2D eigenvalue weighted by molar-refractivity contribution is 5.81. The van der Waals surface area contributed by atoms with Crippen LogP contribution in [0.2, 0.25) is 0 Å². The Hall–Kier alpha value is -3.68. The van der Waals surface area contributed by atoms with Gasteiger partial charge in [0, 0.05) is 25.6 Å². The predicted octanol–water partition coefficient (Wildman–Crippen LogP) is 3.14. The first-order chi connectivity index (χ1) is 18.0. The molecular weight excluding hydrogens is 468 g/mol. The second kappa shape index (κ2) is 13.0. The van der Waals surface area contributed by atoms with Gasteiger partial charge in [0.15, 0.2) is 0 Å². The van der Waals surface area contributed by atoms with Crippen LogP contribution in [0.15, 0.2) is 64.2 Å². The molecule has 2 aromatic carbocycles. The van der Waals surface area contributed by atoms with Crippen molar-refractivity contribution < 1.29 is 9.59 Å². The molecule has 2 amide bonds. The van der Waals surface area contributed by atoms with Crippen molar-refractivity contribution in [2.45, 2.75) is 76.9 Å². The first kappa shape index (κ1) is 26.4. The largest absolute Gasteiger partial charge is 0.354 e. The van der Waals surface area contributed by atoms with Crippen LogP contribution in [0.25, 0.3) is 10.9 Å². The highest BCUT2D eigenvalue weighted by Crippen LogP contribution is 2.17. The number of amides is 2. The number of aromatic nitrogens is 2. The topological polar surface area (TPSA) is 102 Å². The molecule has 0 atom stereocenters. The molecule has 4 rings (SSSR count). The number of nitrogens with one attached hydrogen (secondary N) is 2. The van der Waals surface area contributed by atoms with Crippen molar-refractivity contribution in [1.29, 1.82) is 0 Å². The summed E-state index contributed by atoms with van der Waals surface area (Å²) in [5, 5.41) is 6.38. The maximum atomic E-state index is 13.3. The van der Waals surface area contributed by atoms with Crippen molar-refractivity contribution in [2.75, 3.05) is 6.54 Å². The van der Waals surface area contributed by atoms with Gasteiger partial charge in [-0.05, 0) is 49.8 Å². The van der Waals surface area contributed by atoms with E-state index in [1.807, 2.05) is 30.3 Å². The van der Waals surface area contributed by atoms with E-state index in [1.54, 1.807) is 24.3 Å². The molecule has 1 heterocycles. The molecule has 0 unspecified atom stereocenters. The Bertz CT molecular complexity index is 1320. The lowest BCUT2D eigenvalue weighted by Gasteiger charge is -2.22. The van der Waals surface area contributed by atoms with Crippen molar-refractivity contribution in [3.63, 3.8) is 0 Å². The summed E-state index contributed by atoms with van der Waals surface area (Å²) < 4.78 is 2.56. The summed E-state index contributed by atoms with van der Waals surface area (Å²) in [7, 11) is 0. The fourth-order valence-electron chi connectivity index (χ4n) is 5.01. The van der Waals surface area contributed by atoms with E-state index < -0.39 is 5.69 Å². The number of nitrogens with zero attached hydrogens (tertiary/aromatic N) is 2. The van der Waals surface area contributed by atoms with Crippen molar-refractivity contribution in [1.82, 2.24) is 19.8 Å². The Kier molecular flexibility index (Phi) is 9.29. The molecule has 1 aliphatic carbocycles. The minimum absolute atomic E-state index is 0.0299. The van der Waals surface area contributed by atoms with Crippen LogP contribution < -0.4 is 21.9 Å². The molecule has 8 nitrogen and oxygen atoms in total. The fourth-order valence-corrected chi connectivity index (χ4v) is 5.01. The van der Waals surface area contributed by atoms with E-state index in [1.165, 1.54) is 15.6 Å². The van der Waals surface area contributed by atoms with Crippen LogP contribution >= 0.6 is 0 Å². The van der Waals surface area contributed by atoms with Crippen molar-refractivity contribution >= 4 is 22.7 Å². The zero-order chi connectivity index (χ0) is 26.0. The van der Waals surface area contributed by atoms with Gasteiger partial charge in [0.25, 0.3) is 5.56 Å². The smallest absolute Gasteiger partial charge is 0.331 e. The molecule has 8 heteroatoms. The Balaban J connectivity index is 1.38. The van der Waals surface area contributed by atoms with E-state index >= 15 is 0 Å².